The lowest BCUT2D eigenvalue weighted by Gasteiger charge is -2.00. The van der Waals surface area contributed by atoms with E-state index >= 15 is 0 Å². The Morgan fingerprint density at radius 1 is 1.71 bits per heavy atom. The first kappa shape index (κ1) is 9.68. The average Bonchev–Trinajstić information content (AvgIpc) is 2.85. The van der Waals surface area contributed by atoms with E-state index in [0.717, 1.165) is 44.1 Å². The topological polar surface area (TPSA) is 50.1 Å². The molecule has 78 valence electrons. The minimum atomic E-state index is 0.485. The number of nitrogens with zero attached hydrogens (tertiary/aromatic N) is 1. The summed E-state index contributed by atoms with van der Waals surface area (Å²) in [6, 6.07) is 0. The van der Waals surface area contributed by atoms with Gasteiger partial charge < -0.3 is 15.1 Å². The summed E-state index contributed by atoms with van der Waals surface area (Å²) >= 11 is 0. The largest absolute Gasteiger partial charge is 0.448 e. The molecule has 0 spiro atoms. The lowest BCUT2D eigenvalue weighted by Crippen LogP contribution is -2.11. The highest BCUT2D eigenvalue weighted by Gasteiger charge is 2.21. The summed E-state index contributed by atoms with van der Waals surface area (Å²) in [6.07, 6.45) is 3.87. The van der Waals surface area contributed by atoms with Gasteiger partial charge in [0.15, 0.2) is 5.89 Å². The van der Waals surface area contributed by atoms with Crippen molar-refractivity contribution in [1.29, 1.82) is 0 Å². The van der Waals surface area contributed by atoms with Gasteiger partial charge in [-0.3, -0.25) is 0 Å². The standard InChI is InChI=1S/C10H17N3O/c1-11-4-3-9-7-14-10(13-9)8-2-5-12-6-8/h7-8,11-12H,2-6H2,1H3. The molecule has 1 aromatic rings. The van der Waals surface area contributed by atoms with Gasteiger partial charge in [0, 0.05) is 25.4 Å². The lowest BCUT2D eigenvalue weighted by molar-refractivity contribution is 0.457. The van der Waals surface area contributed by atoms with Gasteiger partial charge >= 0.3 is 0 Å². The molecule has 4 heteroatoms. The molecule has 0 bridgehead atoms. The monoisotopic (exact) mass is 195 g/mol. The van der Waals surface area contributed by atoms with Crippen LogP contribution in [-0.2, 0) is 6.42 Å². The fraction of sp³-hybridized carbons (Fsp3) is 0.700. The van der Waals surface area contributed by atoms with Crippen molar-refractivity contribution in [2.75, 3.05) is 26.7 Å². The van der Waals surface area contributed by atoms with E-state index in [1.165, 1.54) is 0 Å². The van der Waals surface area contributed by atoms with Crippen molar-refractivity contribution in [3.63, 3.8) is 0 Å². The Bertz CT molecular complexity index is 279. The Balaban J connectivity index is 1.94. The molecule has 0 aliphatic carbocycles. The SMILES string of the molecule is CNCCc1coc(C2CCNC2)n1. The molecule has 0 amide bonds. The molecule has 4 nitrogen and oxygen atoms in total. The quantitative estimate of drug-likeness (QED) is 0.735. The minimum Gasteiger partial charge on any atom is -0.448 e. The maximum absolute atomic E-state index is 5.47. The molecule has 1 fully saturated rings. The molecule has 14 heavy (non-hydrogen) atoms. The smallest absolute Gasteiger partial charge is 0.198 e. The van der Waals surface area contributed by atoms with Crippen LogP contribution in [0.15, 0.2) is 10.7 Å². The fourth-order valence-corrected chi connectivity index (χ4v) is 1.74. The fourth-order valence-electron chi connectivity index (χ4n) is 1.74. The van der Waals surface area contributed by atoms with Crippen molar-refractivity contribution >= 4 is 0 Å². The van der Waals surface area contributed by atoms with Gasteiger partial charge in [-0.1, -0.05) is 0 Å². The Morgan fingerprint density at radius 2 is 2.64 bits per heavy atom. The van der Waals surface area contributed by atoms with Gasteiger partial charge in [-0.25, -0.2) is 4.98 Å². The summed E-state index contributed by atoms with van der Waals surface area (Å²) < 4.78 is 5.47. The van der Waals surface area contributed by atoms with Gasteiger partial charge in [-0.2, -0.15) is 0 Å². The predicted molar refractivity (Wildman–Crippen MR) is 54.4 cm³/mol. The summed E-state index contributed by atoms with van der Waals surface area (Å²) in [6.45, 7) is 3.04. The van der Waals surface area contributed by atoms with Crippen molar-refractivity contribution < 1.29 is 4.42 Å². The molecule has 0 aromatic carbocycles. The van der Waals surface area contributed by atoms with Crippen molar-refractivity contribution in [3.8, 4) is 0 Å². The van der Waals surface area contributed by atoms with E-state index in [0.29, 0.717) is 5.92 Å². The third-order valence-corrected chi connectivity index (χ3v) is 2.61. The molecule has 1 atom stereocenters. The Kier molecular flexibility index (Phi) is 3.16. The van der Waals surface area contributed by atoms with Gasteiger partial charge in [-0.05, 0) is 20.0 Å². The number of oxazole rings is 1. The molecule has 0 radical (unpaired) electrons. The molecule has 2 rings (SSSR count). The number of likely N-dealkylation sites (N-methyl/N-ethyl adjacent to an activating group) is 1. The zero-order chi connectivity index (χ0) is 9.80. The first-order valence-electron chi connectivity index (χ1n) is 5.20. The summed E-state index contributed by atoms with van der Waals surface area (Å²) in [5.41, 5.74) is 1.06. The summed E-state index contributed by atoms with van der Waals surface area (Å²) in [7, 11) is 1.95. The van der Waals surface area contributed by atoms with Crippen LogP contribution in [0.4, 0.5) is 0 Å². The highest BCUT2D eigenvalue weighted by atomic mass is 16.3. The summed E-state index contributed by atoms with van der Waals surface area (Å²) in [4.78, 5) is 4.48. The third kappa shape index (κ3) is 2.13. The molecule has 1 saturated heterocycles. The van der Waals surface area contributed by atoms with Crippen LogP contribution < -0.4 is 10.6 Å². The van der Waals surface area contributed by atoms with Crippen LogP contribution in [-0.4, -0.2) is 31.7 Å². The first-order valence-corrected chi connectivity index (χ1v) is 5.20. The molecule has 2 heterocycles. The lowest BCUT2D eigenvalue weighted by atomic mass is 10.1. The molecular formula is C10H17N3O. The van der Waals surface area contributed by atoms with Crippen LogP contribution in [0.5, 0.6) is 0 Å². The maximum atomic E-state index is 5.47. The Hall–Kier alpha value is -0.870. The van der Waals surface area contributed by atoms with Crippen LogP contribution in [0.3, 0.4) is 0 Å². The van der Waals surface area contributed by atoms with Gasteiger partial charge in [0.25, 0.3) is 0 Å². The van der Waals surface area contributed by atoms with Crippen LogP contribution in [0, 0.1) is 0 Å². The number of hydrogen-bond donors (Lipinski definition) is 2. The molecule has 1 aliphatic heterocycles. The van der Waals surface area contributed by atoms with Gasteiger partial charge in [0.2, 0.25) is 0 Å². The van der Waals surface area contributed by atoms with E-state index in [-0.39, 0.29) is 0 Å². The maximum Gasteiger partial charge on any atom is 0.198 e. The summed E-state index contributed by atoms with van der Waals surface area (Å²) in [5, 5.41) is 6.41. The highest BCUT2D eigenvalue weighted by molar-refractivity contribution is 5.03. The second kappa shape index (κ2) is 4.57. The minimum absolute atomic E-state index is 0.485. The van der Waals surface area contributed by atoms with E-state index in [4.69, 9.17) is 4.42 Å². The van der Waals surface area contributed by atoms with Crippen molar-refractivity contribution in [3.05, 3.63) is 17.8 Å². The highest BCUT2D eigenvalue weighted by Crippen LogP contribution is 2.21. The molecule has 0 saturated carbocycles. The summed E-state index contributed by atoms with van der Waals surface area (Å²) in [5.74, 6) is 1.39. The molecule has 1 aliphatic rings. The van der Waals surface area contributed by atoms with Crippen molar-refractivity contribution in [1.82, 2.24) is 15.6 Å². The van der Waals surface area contributed by atoms with Gasteiger partial charge in [0.1, 0.15) is 6.26 Å². The molecular weight excluding hydrogens is 178 g/mol. The number of nitrogens with one attached hydrogen (secondary N) is 2. The Labute approximate surface area is 84.1 Å². The molecule has 2 N–H and O–H groups in total. The van der Waals surface area contributed by atoms with Crippen LogP contribution in [0.25, 0.3) is 0 Å². The van der Waals surface area contributed by atoms with Crippen LogP contribution in [0.1, 0.15) is 23.9 Å². The zero-order valence-corrected chi connectivity index (χ0v) is 8.55. The molecule has 1 unspecified atom stereocenters. The van der Waals surface area contributed by atoms with Crippen molar-refractivity contribution in [2.45, 2.75) is 18.8 Å². The van der Waals surface area contributed by atoms with E-state index in [1.54, 1.807) is 6.26 Å². The van der Waals surface area contributed by atoms with Gasteiger partial charge in [-0.15, -0.1) is 0 Å². The zero-order valence-electron chi connectivity index (χ0n) is 8.55. The average molecular weight is 195 g/mol. The molecule has 1 aromatic heterocycles. The number of rotatable bonds is 4. The Morgan fingerprint density at radius 3 is 3.36 bits per heavy atom. The van der Waals surface area contributed by atoms with Gasteiger partial charge in [0.05, 0.1) is 5.69 Å². The van der Waals surface area contributed by atoms with E-state index in [2.05, 4.69) is 15.6 Å². The van der Waals surface area contributed by atoms with E-state index < -0.39 is 0 Å². The normalized spacial score (nSPS) is 21.6. The number of hydrogen-bond acceptors (Lipinski definition) is 4. The predicted octanol–water partition coefficient (Wildman–Crippen LogP) is 0.513. The van der Waals surface area contributed by atoms with Crippen molar-refractivity contribution in [2.24, 2.45) is 0 Å². The van der Waals surface area contributed by atoms with E-state index in [1.807, 2.05) is 7.05 Å². The van der Waals surface area contributed by atoms with E-state index in [9.17, 15) is 0 Å². The van der Waals surface area contributed by atoms with Crippen LogP contribution in [0.2, 0.25) is 0 Å². The third-order valence-electron chi connectivity index (χ3n) is 2.61. The second-order valence-electron chi connectivity index (χ2n) is 3.72. The first-order chi connectivity index (χ1) is 6.90. The van der Waals surface area contributed by atoms with Crippen LogP contribution >= 0.6 is 0 Å². The second-order valence-corrected chi connectivity index (χ2v) is 3.72. The number of aromatic nitrogens is 1.